The molecule has 0 radical (unpaired) electrons. The van der Waals surface area contributed by atoms with Crippen LogP contribution < -0.4 is 0 Å². The summed E-state index contributed by atoms with van der Waals surface area (Å²) >= 11 is 0. The van der Waals surface area contributed by atoms with Crippen molar-refractivity contribution < 1.29 is 42.9 Å². The minimum Gasteiger partial charge on any atom is -0.477 e. The fourth-order valence-electron chi connectivity index (χ4n) is 10.3. The predicted molar refractivity (Wildman–Crippen MR) is 359 cm³/mol. The Morgan fingerprint density at radius 3 is 1.01 bits per heavy atom. The maximum absolute atomic E-state index is 12.9. The molecule has 0 spiro atoms. The monoisotopic (exact) mass is 1180 g/mol. The molecule has 0 aromatic heterocycles. The maximum Gasteiger partial charge on any atom is 0.361 e. The fourth-order valence-corrected chi connectivity index (χ4v) is 10.3. The molecule has 0 amide bonds. The number of unbranched alkanes of at least 4 members (excludes halogenated alkanes) is 39. The first-order valence-corrected chi connectivity index (χ1v) is 35.6. The summed E-state index contributed by atoms with van der Waals surface area (Å²) in [7, 11) is 5.97. The van der Waals surface area contributed by atoms with E-state index < -0.39 is 24.3 Å². The zero-order valence-corrected chi connectivity index (χ0v) is 55.8. The quantitative estimate of drug-likeness (QED) is 0.0211. The molecule has 0 rings (SSSR count). The molecule has 2 unspecified atom stereocenters. The Bertz CT molecular complexity index is 1610. The van der Waals surface area contributed by atoms with Crippen LogP contribution in [0.25, 0.3) is 0 Å². The van der Waals surface area contributed by atoms with Crippen molar-refractivity contribution in [2.45, 2.75) is 341 Å². The van der Waals surface area contributed by atoms with Gasteiger partial charge in [-0.3, -0.25) is 9.59 Å². The van der Waals surface area contributed by atoms with Gasteiger partial charge in [-0.2, -0.15) is 0 Å². The Morgan fingerprint density at radius 2 is 0.679 bits per heavy atom. The smallest absolute Gasteiger partial charge is 0.361 e. The van der Waals surface area contributed by atoms with Crippen molar-refractivity contribution in [3.05, 3.63) is 72.9 Å². The van der Waals surface area contributed by atoms with Crippen LogP contribution in [0.1, 0.15) is 328 Å². The largest absolute Gasteiger partial charge is 0.477 e. The van der Waals surface area contributed by atoms with E-state index in [-0.39, 0.29) is 32.2 Å². The van der Waals surface area contributed by atoms with Crippen LogP contribution in [0.4, 0.5) is 0 Å². The van der Waals surface area contributed by atoms with Crippen molar-refractivity contribution in [3.63, 3.8) is 0 Å². The van der Waals surface area contributed by atoms with Crippen molar-refractivity contribution in [1.29, 1.82) is 0 Å². The fraction of sp³-hybridized carbons (Fsp3) is 0.800. The number of carbonyl (C=O) groups is 3. The van der Waals surface area contributed by atoms with Crippen LogP contribution in [0.5, 0.6) is 0 Å². The number of likely N-dealkylation sites (N-methyl/N-ethyl adjacent to an activating group) is 1. The van der Waals surface area contributed by atoms with E-state index in [1.165, 1.54) is 199 Å². The average molecular weight is 1180 g/mol. The second kappa shape index (κ2) is 65.7. The highest BCUT2D eigenvalue weighted by molar-refractivity contribution is 5.71. The van der Waals surface area contributed by atoms with Gasteiger partial charge in [0.2, 0.25) is 0 Å². The molecule has 2 atom stereocenters. The van der Waals surface area contributed by atoms with Crippen LogP contribution >= 0.6 is 0 Å². The Balaban J connectivity index is 4.07. The Kier molecular flexibility index (Phi) is 63.1. The number of nitrogens with zero attached hydrogens (tertiary/aromatic N) is 1. The van der Waals surface area contributed by atoms with Crippen LogP contribution in [0, 0.1) is 0 Å². The van der Waals surface area contributed by atoms with E-state index in [0.29, 0.717) is 23.9 Å². The highest BCUT2D eigenvalue weighted by Crippen LogP contribution is 2.19. The van der Waals surface area contributed by atoms with Crippen molar-refractivity contribution >= 4 is 17.9 Å². The van der Waals surface area contributed by atoms with E-state index in [1.807, 2.05) is 21.1 Å². The lowest BCUT2D eigenvalue weighted by atomic mass is 10.0. The molecule has 1 N–H and O–H groups in total. The van der Waals surface area contributed by atoms with Crippen molar-refractivity contribution in [1.82, 2.24) is 0 Å². The highest BCUT2D eigenvalue weighted by atomic mass is 16.7. The van der Waals surface area contributed by atoms with E-state index in [1.54, 1.807) is 0 Å². The molecule has 488 valence electrons. The molecule has 0 fully saturated rings. The van der Waals surface area contributed by atoms with Gasteiger partial charge in [-0.25, -0.2) is 4.79 Å². The van der Waals surface area contributed by atoms with Crippen molar-refractivity contribution in [3.8, 4) is 0 Å². The minimum atomic E-state index is -1.52. The summed E-state index contributed by atoms with van der Waals surface area (Å²) < 4.78 is 23.0. The topological polar surface area (TPSA) is 108 Å². The van der Waals surface area contributed by atoms with Crippen LogP contribution in [-0.4, -0.2) is 87.4 Å². The molecular formula is C75H136NO8+. The second-order valence-corrected chi connectivity index (χ2v) is 25.2. The third-order valence-electron chi connectivity index (χ3n) is 15.7. The summed E-state index contributed by atoms with van der Waals surface area (Å²) in [6, 6.07) is 0. The van der Waals surface area contributed by atoms with Crippen LogP contribution in [0.3, 0.4) is 0 Å². The van der Waals surface area contributed by atoms with Gasteiger partial charge in [0.15, 0.2) is 6.10 Å². The third kappa shape index (κ3) is 66.3. The molecule has 0 aliphatic carbocycles. The van der Waals surface area contributed by atoms with Gasteiger partial charge in [-0.05, 0) is 64.2 Å². The number of carboxylic acids is 1. The van der Waals surface area contributed by atoms with E-state index in [4.69, 9.17) is 18.9 Å². The van der Waals surface area contributed by atoms with E-state index in [0.717, 1.165) is 96.3 Å². The van der Waals surface area contributed by atoms with Gasteiger partial charge in [0.25, 0.3) is 6.29 Å². The Morgan fingerprint density at radius 1 is 0.369 bits per heavy atom. The van der Waals surface area contributed by atoms with E-state index in [2.05, 4.69) is 86.8 Å². The summed E-state index contributed by atoms with van der Waals surface area (Å²) in [6.45, 7) is 4.79. The first kappa shape index (κ1) is 80.7. The predicted octanol–water partition coefficient (Wildman–Crippen LogP) is 22.1. The molecule has 9 nitrogen and oxygen atoms in total. The standard InChI is InChI=1S/C75H135NO8/c1-6-8-10-12-14-16-18-20-22-24-26-28-30-32-33-34-35-36-37-38-39-40-42-43-45-47-49-51-53-55-57-59-61-63-65-72(77)82-69-71(70-83-75(74(79)80)81-68-67-76(3,4)5)84-73(78)66-64-62-60-58-56-54-52-50-48-46-44-41-31-29-27-25-23-21-19-17-15-13-11-9-7-2/h9,11,15,17,21,23,27,29,41,44,48,50,71,75H,6-8,10,12-14,16,18-20,22,24-26,28,30-40,42-43,45-47,49,51-70H2,1-5H3/p+1/b11-9-,17-15-,23-21-,29-27-,44-41-,50-48-. The van der Waals surface area contributed by atoms with Crippen LogP contribution in [0.15, 0.2) is 72.9 Å². The van der Waals surface area contributed by atoms with Gasteiger partial charge in [-0.15, -0.1) is 0 Å². The van der Waals surface area contributed by atoms with E-state index >= 15 is 0 Å². The molecule has 0 aromatic carbocycles. The van der Waals surface area contributed by atoms with Gasteiger partial charge in [-0.1, -0.05) is 324 Å². The number of aliphatic carboxylic acids is 1. The van der Waals surface area contributed by atoms with Crippen molar-refractivity contribution in [2.24, 2.45) is 0 Å². The van der Waals surface area contributed by atoms with Crippen LogP contribution in [0.2, 0.25) is 0 Å². The van der Waals surface area contributed by atoms with E-state index in [9.17, 15) is 19.5 Å². The SMILES string of the molecule is CC/C=C\C/C=C\C/C=C\C/C=C\C/C=C\C/C=C\CCCCCCCCC(=O)OC(COC(=O)CCCCCCCCCCCCCCCCCCCCCCCCCCCCCCCCCCCC)COC(OCC[N+](C)(C)C)C(=O)O. The van der Waals surface area contributed by atoms with Crippen molar-refractivity contribution in [2.75, 3.05) is 47.5 Å². The zero-order valence-electron chi connectivity index (χ0n) is 55.8. The highest BCUT2D eigenvalue weighted by Gasteiger charge is 2.25. The molecule has 0 bridgehead atoms. The molecule has 0 aromatic rings. The second-order valence-electron chi connectivity index (χ2n) is 25.2. The normalized spacial score (nSPS) is 13.1. The molecule has 84 heavy (non-hydrogen) atoms. The summed E-state index contributed by atoms with van der Waals surface area (Å²) in [5.74, 6) is -2.01. The Hall–Kier alpha value is -3.27. The molecular weight excluding hydrogens is 1040 g/mol. The lowest BCUT2D eigenvalue weighted by Gasteiger charge is -2.25. The number of rotatable bonds is 66. The van der Waals surface area contributed by atoms with Gasteiger partial charge in [0.05, 0.1) is 34.4 Å². The minimum absolute atomic E-state index is 0.183. The summed E-state index contributed by atoms with van der Waals surface area (Å²) in [4.78, 5) is 37.6. The van der Waals surface area contributed by atoms with Crippen LogP contribution in [-0.2, 0) is 33.3 Å². The molecule has 0 saturated carbocycles. The number of carboxylic acid groups (broad SMARTS) is 1. The summed E-state index contributed by atoms with van der Waals surface area (Å²) in [5.41, 5.74) is 0. The molecule has 9 heteroatoms. The van der Waals surface area contributed by atoms with Gasteiger partial charge >= 0.3 is 17.9 Å². The summed E-state index contributed by atoms with van der Waals surface area (Å²) in [5, 5.41) is 9.74. The number of quaternary nitrogens is 1. The number of carbonyl (C=O) groups excluding carboxylic acids is 2. The van der Waals surface area contributed by atoms with Gasteiger partial charge in [0.1, 0.15) is 13.2 Å². The average Bonchev–Trinajstić information content (AvgIpc) is 3.52. The molecule has 0 aliphatic rings. The zero-order chi connectivity index (χ0) is 61.2. The Labute approximate surface area is 519 Å². The first-order chi connectivity index (χ1) is 41.1. The lowest BCUT2D eigenvalue weighted by molar-refractivity contribution is -0.870. The number of hydrogen-bond donors (Lipinski definition) is 1. The summed E-state index contributed by atoms with van der Waals surface area (Å²) in [6.07, 6.45) is 84.6. The number of hydrogen-bond acceptors (Lipinski definition) is 7. The number of ether oxygens (including phenoxy) is 4. The number of esters is 2. The first-order valence-electron chi connectivity index (χ1n) is 35.6. The molecule has 0 heterocycles. The number of allylic oxidation sites excluding steroid dienone is 12. The molecule has 0 saturated heterocycles. The van der Waals surface area contributed by atoms with Gasteiger partial charge < -0.3 is 28.5 Å². The van der Waals surface area contributed by atoms with Gasteiger partial charge in [0, 0.05) is 12.8 Å². The lowest BCUT2D eigenvalue weighted by Crippen LogP contribution is -2.40. The molecule has 0 aliphatic heterocycles. The maximum atomic E-state index is 12.9. The third-order valence-corrected chi connectivity index (χ3v) is 15.7.